The molecule has 0 radical (unpaired) electrons. The van der Waals surface area contributed by atoms with Gasteiger partial charge in [-0.2, -0.15) is 0 Å². The monoisotopic (exact) mass is 151 g/mol. The Morgan fingerprint density at radius 1 is 1.30 bits per heavy atom. The van der Waals surface area contributed by atoms with Crippen LogP contribution in [0.4, 0.5) is 0 Å². The number of Topliss-reactive ketones (excluding diaryl/α,β-unsaturated/α-hetero) is 1. The molecule has 0 aliphatic carbocycles. The SMILES string of the molecule is O=[13C](CO)[C@H](O)[C@H](O)CO. The van der Waals surface area contributed by atoms with Crippen LogP contribution in [-0.2, 0) is 4.79 Å². The van der Waals surface area contributed by atoms with Gasteiger partial charge < -0.3 is 20.4 Å². The van der Waals surface area contributed by atoms with Crippen molar-refractivity contribution in [1.29, 1.82) is 0 Å². The molecule has 0 rings (SSSR count). The Morgan fingerprint density at radius 3 is 2.10 bits per heavy atom. The van der Waals surface area contributed by atoms with Crippen LogP contribution in [0.2, 0.25) is 0 Å². The molecule has 0 heterocycles. The summed E-state index contributed by atoms with van der Waals surface area (Å²) >= 11 is 0. The highest BCUT2D eigenvalue weighted by Gasteiger charge is 2.21. The molecular formula is C5H10O5. The molecule has 0 saturated carbocycles. The summed E-state index contributed by atoms with van der Waals surface area (Å²) < 4.78 is 0. The van der Waals surface area contributed by atoms with E-state index >= 15 is 0 Å². The molecule has 0 aliphatic rings. The third-order valence-corrected chi connectivity index (χ3v) is 1.04. The van der Waals surface area contributed by atoms with E-state index in [2.05, 4.69) is 0 Å². The van der Waals surface area contributed by atoms with E-state index in [9.17, 15) is 4.79 Å². The van der Waals surface area contributed by atoms with Crippen LogP contribution in [0.3, 0.4) is 0 Å². The summed E-state index contributed by atoms with van der Waals surface area (Å²) in [6.07, 6.45) is -3.19. The third kappa shape index (κ3) is 2.40. The van der Waals surface area contributed by atoms with Gasteiger partial charge in [-0.25, -0.2) is 0 Å². The molecule has 0 aromatic heterocycles. The van der Waals surface area contributed by atoms with E-state index in [1.54, 1.807) is 0 Å². The molecule has 60 valence electrons. The predicted octanol–water partition coefficient (Wildman–Crippen LogP) is -2.74. The molecular weight excluding hydrogens is 141 g/mol. The zero-order valence-electron chi connectivity index (χ0n) is 5.27. The van der Waals surface area contributed by atoms with Crippen molar-refractivity contribution in [1.82, 2.24) is 0 Å². The molecule has 0 aromatic carbocycles. The smallest absolute Gasteiger partial charge is 0.189 e. The molecule has 2 atom stereocenters. The first-order valence-corrected chi connectivity index (χ1v) is 2.74. The lowest BCUT2D eigenvalue weighted by atomic mass is 10.3. The van der Waals surface area contributed by atoms with Crippen LogP contribution in [0.25, 0.3) is 0 Å². The van der Waals surface area contributed by atoms with Gasteiger partial charge in [-0.15, -0.1) is 0 Å². The van der Waals surface area contributed by atoms with Gasteiger partial charge in [-0.1, -0.05) is 0 Å². The molecule has 0 spiro atoms. The zero-order valence-corrected chi connectivity index (χ0v) is 5.27. The molecule has 0 unspecified atom stereocenters. The second kappa shape index (κ2) is 4.35. The fourth-order valence-electron chi connectivity index (χ4n) is 0.408. The molecule has 0 amide bonds. The van der Waals surface area contributed by atoms with Crippen molar-refractivity contribution in [2.24, 2.45) is 0 Å². The van der Waals surface area contributed by atoms with Crippen molar-refractivity contribution in [2.75, 3.05) is 13.2 Å². The standard InChI is InChI=1S/C5H10O5/c6-1-3(8)5(10)4(9)2-7/h3,5-8,10H,1-2H2/t3-,5-/m1/s1/i4+1. The Kier molecular flexibility index (Phi) is 4.13. The summed E-state index contributed by atoms with van der Waals surface area (Å²) in [7, 11) is 0. The van der Waals surface area contributed by atoms with E-state index in [1.807, 2.05) is 0 Å². The number of aliphatic hydroxyl groups excluding tert-OH is 4. The lowest BCUT2D eigenvalue weighted by Gasteiger charge is -2.11. The van der Waals surface area contributed by atoms with Gasteiger partial charge in [-0.05, 0) is 0 Å². The van der Waals surface area contributed by atoms with Crippen molar-refractivity contribution >= 4 is 5.78 Å². The Balaban J connectivity index is 3.81. The van der Waals surface area contributed by atoms with Gasteiger partial charge in [0.05, 0.1) is 6.61 Å². The van der Waals surface area contributed by atoms with Crippen molar-refractivity contribution < 1.29 is 25.2 Å². The van der Waals surface area contributed by atoms with E-state index in [0.717, 1.165) is 0 Å². The van der Waals surface area contributed by atoms with Crippen LogP contribution in [0.5, 0.6) is 0 Å². The van der Waals surface area contributed by atoms with Crippen molar-refractivity contribution in [3.63, 3.8) is 0 Å². The summed E-state index contributed by atoms with van der Waals surface area (Å²) in [6.45, 7) is -1.54. The van der Waals surface area contributed by atoms with Crippen LogP contribution >= 0.6 is 0 Å². The van der Waals surface area contributed by atoms with Crippen molar-refractivity contribution in [2.45, 2.75) is 12.2 Å². The number of rotatable bonds is 4. The maximum Gasteiger partial charge on any atom is 0.189 e. The first kappa shape index (κ1) is 9.51. The Bertz CT molecular complexity index is 113. The largest absolute Gasteiger partial charge is 0.394 e. The summed E-state index contributed by atoms with van der Waals surface area (Å²) in [5, 5.41) is 33.6. The van der Waals surface area contributed by atoms with Crippen LogP contribution < -0.4 is 0 Å². The fraction of sp³-hybridized carbons (Fsp3) is 0.800. The number of hydrogen-bond donors (Lipinski definition) is 4. The minimum Gasteiger partial charge on any atom is -0.394 e. The highest BCUT2D eigenvalue weighted by atomic mass is 16.4. The predicted molar refractivity (Wildman–Crippen MR) is 31.2 cm³/mol. The number of ketones is 1. The molecule has 0 saturated heterocycles. The summed E-state index contributed by atoms with van der Waals surface area (Å²) in [5.74, 6) is -0.901. The van der Waals surface area contributed by atoms with Gasteiger partial charge in [0, 0.05) is 0 Å². The summed E-state index contributed by atoms with van der Waals surface area (Å²) in [4.78, 5) is 10.3. The van der Waals surface area contributed by atoms with E-state index in [0.29, 0.717) is 0 Å². The number of aliphatic hydroxyl groups is 4. The molecule has 4 N–H and O–H groups in total. The molecule has 10 heavy (non-hydrogen) atoms. The minimum absolute atomic E-state index is 0.701. The first-order chi connectivity index (χ1) is 4.63. The van der Waals surface area contributed by atoms with Gasteiger partial charge in [0.15, 0.2) is 5.78 Å². The topological polar surface area (TPSA) is 98.0 Å². The molecule has 5 nitrogen and oxygen atoms in total. The van der Waals surface area contributed by atoms with Gasteiger partial charge in [-0.3, -0.25) is 4.79 Å². The molecule has 0 fully saturated rings. The average Bonchev–Trinajstić information content (AvgIpc) is 2.00. The number of carbonyl (C=O) groups is 1. The van der Waals surface area contributed by atoms with E-state index in [1.165, 1.54) is 0 Å². The number of hydrogen-bond acceptors (Lipinski definition) is 5. The van der Waals surface area contributed by atoms with Crippen LogP contribution in [0.15, 0.2) is 0 Å². The fourth-order valence-corrected chi connectivity index (χ4v) is 0.408. The highest BCUT2D eigenvalue weighted by Crippen LogP contribution is 1.92. The number of carbonyl (C=O) groups excluding carboxylic acids is 1. The summed E-state index contributed by atoms with van der Waals surface area (Å²) in [5.41, 5.74) is 0. The van der Waals surface area contributed by atoms with E-state index < -0.39 is 31.2 Å². The molecule has 5 heteroatoms. The maximum absolute atomic E-state index is 10.3. The van der Waals surface area contributed by atoms with Gasteiger partial charge >= 0.3 is 0 Å². The van der Waals surface area contributed by atoms with Gasteiger partial charge in [0.2, 0.25) is 0 Å². The average molecular weight is 151 g/mol. The second-order valence-electron chi connectivity index (χ2n) is 1.82. The molecule has 0 aliphatic heterocycles. The second-order valence-corrected chi connectivity index (χ2v) is 1.82. The van der Waals surface area contributed by atoms with E-state index in [-0.39, 0.29) is 0 Å². The van der Waals surface area contributed by atoms with Crippen molar-refractivity contribution in [3.05, 3.63) is 0 Å². The normalized spacial score (nSPS) is 16.4. The van der Waals surface area contributed by atoms with Crippen LogP contribution in [0.1, 0.15) is 0 Å². The first-order valence-electron chi connectivity index (χ1n) is 2.74. The maximum atomic E-state index is 10.3. The van der Waals surface area contributed by atoms with Crippen molar-refractivity contribution in [3.8, 4) is 0 Å². The van der Waals surface area contributed by atoms with Gasteiger partial charge in [0.25, 0.3) is 0 Å². The van der Waals surface area contributed by atoms with Crippen LogP contribution in [-0.4, -0.2) is 51.6 Å². The Labute approximate surface area is 57.5 Å². The molecule has 0 aromatic rings. The minimum atomic E-state index is -1.69. The summed E-state index contributed by atoms with van der Waals surface area (Å²) in [6, 6.07) is 0. The third-order valence-electron chi connectivity index (χ3n) is 1.04. The molecule has 0 bridgehead atoms. The Hall–Kier alpha value is -0.490. The van der Waals surface area contributed by atoms with Gasteiger partial charge in [0.1, 0.15) is 18.8 Å². The Morgan fingerprint density at radius 2 is 1.80 bits per heavy atom. The highest BCUT2D eigenvalue weighted by molar-refractivity contribution is 5.84. The van der Waals surface area contributed by atoms with E-state index in [4.69, 9.17) is 20.4 Å². The van der Waals surface area contributed by atoms with Crippen LogP contribution in [0, 0.1) is 0 Å². The quantitative estimate of drug-likeness (QED) is 0.327. The lowest BCUT2D eigenvalue weighted by Crippen LogP contribution is -2.37. The zero-order chi connectivity index (χ0) is 8.15. The lowest BCUT2D eigenvalue weighted by molar-refractivity contribution is -0.137.